The van der Waals surface area contributed by atoms with Crippen molar-refractivity contribution >= 4 is 28.2 Å². The minimum absolute atomic E-state index is 0.300. The molecule has 7 heteroatoms. The minimum Gasteiger partial charge on any atom is -0.384 e. The van der Waals surface area contributed by atoms with Crippen LogP contribution in [0.4, 0.5) is 15.9 Å². The number of pyridine rings is 2. The molecule has 2 aromatic carbocycles. The van der Waals surface area contributed by atoms with Crippen molar-refractivity contribution in [2.24, 2.45) is 0 Å². The highest BCUT2D eigenvalue weighted by Gasteiger charge is 2.46. The number of carbonyl (C=O) groups excluding carboxylic acids is 1. The van der Waals surface area contributed by atoms with E-state index >= 15 is 0 Å². The molecule has 1 aliphatic carbocycles. The largest absolute Gasteiger partial charge is 0.384 e. The number of anilines is 2. The quantitative estimate of drug-likeness (QED) is 0.453. The lowest BCUT2D eigenvalue weighted by Gasteiger charge is -2.13. The molecule has 0 aliphatic heterocycles. The molecule has 4 aromatic rings. The van der Waals surface area contributed by atoms with Gasteiger partial charge in [0.25, 0.3) is 5.91 Å². The highest BCUT2D eigenvalue weighted by atomic mass is 19.1. The zero-order valence-corrected chi connectivity index (χ0v) is 17.9. The Kier molecular flexibility index (Phi) is 4.79. The number of carbonyl (C=O) groups is 1. The van der Waals surface area contributed by atoms with Gasteiger partial charge in [-0.2, -0.15) is 5.26 Å². The summed E-state index contributed by atoms with van der Waals surface area (Å²) in [4.78, 5) is 21.0. The van der Waals surface area contributed by atoms with Crippen LogP contribution in [0.3, 0.4) is 0 Å². The molecule has 3 N–H and O–H groups in total. The van der Waals surface area contributed by atoms with Crippen molar-refractivity contribution in [1.82, 2.24) is 9.97 Å². The number of aromatic nitrogens is 2. The van der Waals surface area contributed by atoms with E-state index in [2.05, 4.69) is 21.4 Å². The summed E-state index contributed by atoms with van der Waals surface area (Å²) >= 11 is 0. The molecule has 0 atom stereocenters. The number of rotatable bonds is 4. The van der Waals surface area contributed by atoms with Gasteiger partial charge in [-0.25, -0.2) is 9.37 Å². The lowest BCUT2D eigenvalue weighted by atomic mass is 9.95. The van der Waals surface area contributed by atoms with E-state index < -0.39 is 5.67 Å². The number of aryl methyl sites for hydroxylation is 1. The first-order chi connectivity index (χ1) is 15.9. The first-order valence-electron chi connectivity index (χ1n) is 10.5. The molecule has 1 aliphatic rings. The second-order valence-corrected chi connectivity index (χ2v) is 8.34. The van der Waals surface area contributed by atoms with Gasteiger partial charge >= 0.3 is 0 Å². The maximum Gasteiger partial charge on any atom is 0.255 e. The normalized spacial score (nSPS) is 14.0. The maximum absolute atomic E-state index is 14.4. The van der Waals surface area contributed by atoms with Gasteiger partial charge in [0, 0.05) is 34.4 Å². The predicted octanol–water partition coefficient (Wildman–Crippen LogP) is 5.27. The predicted molar refractivity (Wildman–Crippen MR) is 125 cm³/mol. The van der Waals surface area contributed by atoms with Crippen LogP contribution in [0.1, 0.15) is 40.0 Å². The third-order valence-corrected chi connectivity index (χ3v) is 5.95. The molecule has 33 heavy (non-hydrogen) atoms. The average Bonchev–Trinajstić information content (AvgIpc) is 3.58. The summed E-state index contributed by atoms with van der Waals surface area (Å²) in [7, 11) is 0. The molecule has 0 spiro atoms. The fourth-order valence-corrected chi connectivity index (χ4v) is 3.92. The Bertz CT molecular complexity index is 1470. The number of hydrogen-bond acceptors (Lipinski definition) is 5. The SMILES string of the molecule is Cc1ccc(NC(=O)c2ccnc(C3(F)CC3)c2)cc1-c1cc(C#N)c2cc(N)ncc2c1. The first kappa shape index (κ1) is 20.6. The number of nitriles is 1. The highest BCUT2D eigenvalue weighted by Crippen LogP contribution is 2.48. The van der Waals surface area contributed by atoms with Gasteiger partial charge in [0.1, 0.15) is 5.82 Å². The van der Waals surface area contributed by atoms with Crippen molar-refractivity contribution in [2.45, 2.75) is 25.4 Å². The first-order valence-corrected chi connectivity index (χ1v) is 10.5. The van der Waals surface area contributed by atoms with E-state index in [9.17, 15) is 14.4 Å². The molecule has 1 fully saturated rings. The third-order valence-electron chi connectivity index (χ3n) is 5.95. The van der Waals surface area contributed by atoms with Gasteiger partial charge in [0.05, 0.1) is 17.3 Å². The Labute approximate surface area is 189 Å². The Morgan fingerprint density at radius 1 is 1.15 bits per heavy atom. The highest BCUT2D eigenvalue weighted by molar-refractivity contribution is 6.04. The van der Waals surface area contributed by atoms with Gasteiger partial charge < -0.3 is 11.1 Å². The molecular formula is C26H20FN5O. The van der Waals surface area contributed by atoms with Crippen molar-refractivity contribution in [3.8, 4) is 17.2 Å². The lowest BCUT2D eigenvalue weighted by molar-refractivity contribution is 0.102. The van der Waals surface area contributed by atoms with Crippen LogP contribution in [0.25, 0.3) is 21.9 Å². The number of nitrogens with one attached hydrogen (secondary N) is 1. The standard InChI is InChI=1S/C26H20FN5O/c1-15-2-3-20(32-25(33)16-4-7-30-23(10-16)26(27)5-6-26)11-21(15)17-8-18(13-28)22-12-24(29)31-14-19(22)9-17/h2-4,7-12,14H,5-6H2,1H3,(H2,29,31)(H,32,33). The fourth-order valence-electron chi connectivity index (χ4n) is 3.92. The van der Waals surface area contributed by atoms with E-state index in [0.717, 1.165) is 27.5 Å². The number of alkyl halides is 1. The molecule has 162 valence electrons. The number of nitrogens with zero attached hydrogens (tertiary/aromatic N) is 3. The van der Waals surface area contributed by atoms with Gasteiger partial charge in [0.2, 0.25) is 0 Å². The van der Waals surface area contributed by atoms with Crippen LogP contribution in [0.15, 0.2) is 60.9 Å². The van der Waals surface area contributed by atoms with Crippen LogP contribution >= 0.6 is 0 Å². The summed E-state index contributed by atoms with van der Waals surface area (Å²) in [6, 6.07) is 16.3. The molecular weight excluding hydrogens is 417 g/mol. The van der Waals surface area contributed by atoms with Crippen molar-refractivity contribution in [2.75, 3.05) is 11.1 Å². The summed E-state index contributed by atoms with van der Waals surface area (Å²) < 4.78 is 14.4. The molecule has 0 bridgehead atoms. The number of amides is 1. The topological polar surface area (TPSA) is 105 Å². The number of halogens is 1. The van der Waals surface area contributed by atoms with E-state index in [1.807, 2.05) is 31.2 Å². The second kappa shape index (κ2) is 7.68. The summed E-state index contributed by atoms with van der Waals surface area (Å²) in [5.74, 6) is 0.0147. The summed E-state index contributed by atoms with van der Waals surface area (Å²) in [5.41, 5.74) is 8.82. The van der Waals surface area contributed by atoms with E-state index in [1.54, 1.807) is 24.4 Å². The molecule has 6 nitrogen and oxygen atoms in total. The monoisotopic (exact) mass is 437 g/mol. The Morgan fingerprint density at radius 3 is 2.73 bits per heavy atom. The van der Waals surface area contributed by atoms with Gasteiger partial charge in [-0.15, -0.1) is 0 Å². The molecule has 0 saturated heterocycles. The van der Waals surface area contributed by atoms with Crippen LogP contribution in [-0.4, -0.2) is 15.9 Å². The minimum atomic E-state index is -1.40. The van der Waals surface area contributed by atoms with Gasteiger partial charge in [-0.3, -0.25) is 9.78 Å². The Hall–Kier alpha value is -4.31. The maximum atomic E-state index is 14.4. The fraction of sp³-hybridized carbons (Fsp3) is 0.154. The molecule has 5 rings (SSSR count). The summed E-state index contributed by atoms with van der Waals surface area (Å²) in [5, 5.41) is 14.1. The molecule has 1 amide bonds. The average molecular weight is 437 g/mol. The van der Waals surface area contributed by atoms with E-state index in [4.69, 9.17) is 5.73 Å². The van der Waals surface area contributed by atoms with Crippen molar-refractivity contribution in [3.05, 3.63) is 83.3 Å². The molecule has 1 saturated carbocycles. The Morgan fingerprint density at radius 2 is 1.97 bits per heavy atom. The van der Waals surface area contributed by atoms with Crippen LogP contribution < -0.4 is 11.1 Å². The number of fused-ring (bicyclic) bond motifs is 1. The van der Waals surface area contributed by atoms with Gasteiger partial charge in [-0.1, -0.05) is 6.07 Å². The smallest absolute Gasteiger partial charge is 0.255 e. The molecule has 0 unspecified atom stereocenters. The number of nitrogen functional groups attached to an aromatic ring is 1. The van der Waals surface area contributed by atoms with Gasteiger partial charge in [-0.05, 0) is 78.9 Å². The molecule has 0 radical (unpaired) electrons. The van der Waals surface area contributed by atoms with Crippen LogP contribution in [0.5, 0.6) is 0 Å². The zero-order chi connectivity index (χ0) is 23.2. The van der Waals surface area contributed by atoms with E-state index in [1.165, 1.54) is 12.3 Å². The van der Waals surface area contributed by atoms with Crippen molar-refractivity contribution < 1.29 is 9.18 Å². The Balaban J connectivity index is 1.49. The van der Waals surface area contributed by atoms with Crippen molar-refractivity contribution in [1.29, 1.82) is 5.26 Å². The van der Waals surface area contributed by atoms with Gasteiger partial charge in [0.15, 0.2) is 5.67 Å². The number of nitrogens with two attached hydrogens (primary N) is 1. The van der Waals surface area contributed by atoms with E-state index in [-0.39, 0.29) is 5.91 Å². The third kappa shape index (κ3) is 3.87. The number of benzene rings is 2. The van der Waals surface area contributed by atoms with Crippen LogP contribution in [0.2, 0.25) is 0 Å². The van der Waals surface area contributed by atoms with E-state index in [0.29, 0.717) is 41.2 Å². The second-order valence-electron chi connectivity index (χ2n) is 8.34. The number of hydrogen-bond donors (Lipinski definition) is 2. The van der Waals surface area contributed by atoms with Crippen LogP contribution in [-0.2, 0) is 5.67 Å². The summed E-state index contributed by atoms with van der Waals surface area (Å²) in [6.45, 7) is 1.96. The zero-order valence-electron chi connectivity index (χ0n) is 17.9. The van der Waals surface area contributed by atoms with Crippen molar-refractivity contribution in [3.63, 3.8) is 0 Å². The molecule has 2 aromatic heterocycles. The summed E-state index contributed by atoms with van der Waals surface area (Å²) in [6.07, 6.45) is 3.98. The molecule has 2 heterocycles. The van der Waals surface area contributed by atoms with Crippen LogP contribution in [0, 0.1) is 18.3 Å². The lowest BCUT2D eigenvalue weighted by Crippen LogP contribution is -2.13.